The summed E-state index contributed by atoms with van der Waals surface area (Å²) < 4.78 is 9.62. The molecule has 7 nitrogen and oxygen atoms in total. The molecule has 18 rings (SSSR count). The maximum atomic E-state index is 5.60. The van der Waals surface area contributed by atoms with Gasteiger partial charge in [0.1, 0.15) is 0 Å². The molecule has 0 radical (unpaired) electrons. The van der Waals surface area contributed by atoms with Gasteiger partial charge in [0.2, 0.25) is 0 Å². The highest BCUT2D eigenvalue weighted by atomic mass is 32.2. The number of benzene rings is 9. The maximum Gasteiger partial charge on any atom is 0.0939 e. The molecule has 362 valence electrons. The standard InChI is InChI=1S/C70H41N7S/c1-8-22-58-46(15-1)47-16-2-9-23-59(47)74(58)42-29-31-54-66(37-42)78-67-38-43(75-60-24-10-7-21-52(60)53-33-34-71-41-65(53)75)30-32-55(67)70(54)56-35-44(76-61-25-11-3-17-48(61)49-18-4-12-26-62(49)76)39-72-68(56)69-57(70)36-45(40-73-69)77-63-27-13-5-19-50(63)51-20-6-14-28-64(51)77/h1-41H. The van der Waals surface area contributed by atoms with E-state index in [9.17, 15) is 0 Å². The van der Waals surface area contributed by atoms with Gasteiger partial charge in [-0.3, -0.25) is 15.0 Å². The first kappa shape index (κ1) is 42.2. The molecule has 0 amide bonds. The zero-order valence-corrected chi connectivity index (χ0v) is 42.5. The number of para-hydroxylation sites is 7. The summed E-state index contributed by atoms with van der Waals surface area (Å²) in [5.41, 5.74) is 18.8. The van der Waals surface area contributed by atoms with Gasteiger partial charge in [0.15, 0.2) is 0 Å². The van der Waals surface area contributed by atoms with Crippen LogP contribution in [0.2, 0.25) is 0 Å². The highest BCUT2D eigenvalue weighted by Gasteiger charge is 2.52. The summed E-state index contributed by atoms with van der Waals surface area (Å²) in [4.78, 5) is 18.2. The van der Waals surface area contributed by atoms with E-state index in [1.54, 1.807) is 0 Å². The van der Waals surface area contributed by atoms with E-state index in [-0.39, 0.29) is 0 Å². The molecule has 1 spiro atoms. The van der Waals surface area contributed by atoms with Crippen LogP contribution in [0.5, 0.6) is 0 Å². The molecule has 9 aromatic carbocycles. The lowest BCUT2D eigenvalue weighted by molar-refractivity contribution is 0.716. The fraction of sp³-hybridized carbons (Fsp3) is 0.0143. The number of pyridine rings is 3. The van der Waals surface area contributed by atoms with Crippen LogP contribution < -0.4 is 0 Å². The van der Waals surface area contributed by atoms with Crippen molar-refractivity contribution in [1.29, 1.82) is 0 Å². The van der Waals surface area contributed by atoms with E-state index >= 15 is 0 Å². The molecule has 0 atom stereocenters. The summed E-state index contributed by atoms with van der Waals surface area (Å²) in [6.45, 7) is 0. The van der Waals surface area contributed by atoms with Crippen molar-refractivity contribution in [2.45, 2.75) is 15.2 Å². The van der Waals surface area contributed by atoms with Crippen LogP contribution in [-0.2, 0) is 5.41 Å². The molecule has 8 heterocycles. The second-order valence-corrected chi connectivity index (χ2v) is 21.8. The average Bonchev–Trinajstić information content (AvgIpc) is 4.24. The smallest absolute Gasteiger partial charge is 0.0939 e. The Bertz CT molecular complexity index is 4740. The largest absolute Gasteiger partial charge is 0.309 e. The Morgan fingerprint density at radius 1 is 0.282 bits per heavy atom. The number of rotatable bonds is 4. The quantitative estimate of drug-likeness (QED) is 0.176. The molecule has 1 aliphatic carbocycles. The molecule has 0 unspecified atom stereocenters. The number of aromatic nitrogens is 7. The molecule has 0 saturated heterocycles. The van der Waals surface area contributed by atoms with Gasteiger partial charge in [0.25, 0.3) is 0 Å². The molecule has 16 aromatic rings. The molecule has 0 bridgehead atoms. The van der Waals surface area contributed by atoms with E-state index in [1.165, 1.54) is 70.1 Å². The van der Waals surface area contributed by atoms with Gasteiger partial charge in [-0.2, -0.15) is 0 Å². The molecule has 8 heteroatoms. The Balaban J connectivity index is 0.972. The molecular formula is C70H41N7S. The predicted octanol–water partition coefficient (Wildman–Crippen LogP) is 17.1. The lowest BCUT2D eigenvalue weighted by Crippen LogP contribution is -2.32. The molecule has 78 heavy (non-hydrogen) atoms. The van der Waals surface area contributed by atoms with Crippen LogP contribution in [0.4, 0.5) is 0 Å². The highest BCUT2D eigenvalue weighted by molar-refractivity contribution is 7.99. The first-order valence-electron chi connectivity index (χ1n) is 26.5. The van der Waals surface area contributed by atoms with Crippen LogP contribution in [0.1, 0.15) is 22.3 Å². The van der Waals surface area contributed by atoms with Crippen molar-refractivity contribution in [2.24, 2.45) is 0 Å². The minimum atomic E-state index is -0.871. The van der Waals surface area contributed by atoms with Gasteiger partial charge in [-0.1, -0.05) is 151 Å². The Hall–Kier alpha value is -10.0. The van der Waals surface area contributed by atoms with Crippen LogP contribution in [0.3, 0.4) is 0 Å². The second kappa shape index (κ2) is 15.5. The van der Waals surface area contributed by atoms with E-state index in [1.807, 2.05) is 24.2 Å². The fourth-order valence-electron chi connectivity index (χ4n) is 13.9. The van der Waals surface area contributed by atoms with Gasteiger partial charge < -0.3 is 18.3 Å². The molecular weight excluding hydrogens is 971 g/mol. The van der Waals surface area contributed by atoms with E-state index in [0.717, 1.165) is 83.3 Å². The summed E-state index contributed by atoms with van der Waals surface area (Å²) >= 11 is 1.85. The number of nitrogens with zero attached hydrogens (tertiary/aromatic N) is 7. The van der Waals surface area contributed by atoms with Crippen molar-refractivity contribution in [1.82, 2.24) is 33.2 Å². The number of hydrogen-bond donors (Lipinski definition) is 0. The molecule has 2 aliphatic rings. The lowest BCUT2D eigenvalue weighted by atomic mass is 9.67. The summed E-state index contributed by atoms with van der Waals surface area (Å²) in [7, 11) is 0. The fourth-order valence-corrected chi connectivity index (χ4v) is 15.1. The summed E-state index contributed by atoms with van der Waals surface area (Å²) in [5, 5.41) is 9.67. The number of fused-ring (bicyclic) bond motifs is 21. The Morgan fingerprint density at radius 2 is 0.603 bits per heavy atom. The Labute approximate surface area is 450 Å². The third-order valence-corrected chi connectivity index (χ3v) is 18.1. The van der Waals surface area contributed by atoms with Crippen LogP contribution in [-0.4, -0.2) is 33.2 Å². The summed E-state index contributed by atoms with van der Waals surface area (Å²) in [6.07, 6.45) is 8.03. The van der Waals surface area contributed by atoms with Gasteiger partial charge in [-0.25, -0.2) is 0 Å². The topological polar surface area (TPSA) is 58.4 Å². The van der Waals surface area contributed by atoms with Crippen LogP contribution in [0.15, 0.2) is 259 Å². The normalized spacial score (nSPS) is 13.4. The van der Waals surface area contributed by atoms with Crippen molar-refractivity contribution < 1.29 is 0 Å². The van der Waals surface area contributed by atoms with Gasteiger partial charge in [-0.15, -0.1) is 0 Å². The van der Waals surface area contributed by atoms with Crippen molar-refractivity contribution >= 4 is 99.0 Å². The zero-order chi connectivity index (χ0) is 50.8. The SMILES string of the molecule is c1ccc2c(c1)c1ccccc1n2-c1ccc2c(c1)Sc1cc(-n3c4ccccc4c4ccncc43)ccc1C21c2cc(-n3c4ccccc4c4ccccc43)cnc2-c2ncc(-n3c4ccccc4c4ccccc43)cc21. The third-order valence-electron chi connectivity index (χ3n) is 17.0. The molecule has 0 N–H and O–H groups in total. The van der Waals surface area contributed by atoms with E-state index in [0.29, 0.717) is 0 Å². The third kappa shape index (κ3) is 5.46. The average molecular weight is 1010 g/mol. The minimum absolute atomic E-state index is 0.871. The predicted molar refractivity (Wildman–Crippen MR) is 319 cm³/mol. The van der Waals surface area contributed by atoms with Gasteiger partial charge in [0, 0.05) is 81.6 Å². The molecule has 0 saturated carbocycles. The van der Waals surface area contributed by atoms with Crippen molar-refractivity contribution in [3.63, 3.8) is 0 Å². The zero-order valence-electron chi connectivity index (χ0n) is 41.7. The minimum Gasteiger partial charge on any atom is -0.309 e. The maximum absolute atomic E-state index is 5.60. The first-order valence-corrected chi connectivity index (χ1v) is 27.3. The van der Waals surface area contributed by atoms with Gasteiger partial charge in [0.05, 0.1) is 90.9 Å². The number of hydrogen-bond acceptors (Lipinski definition) is 4. The van der Waals surface area contributed by atoms with E-state index < -0.39 is 5.41 Å². The van der Waals surface area contributed by atoms with Gasteiger partial charge in [-0.05, 0) is 96.1 Å². The first-order chi connectivity index (χ1) is 38.7. The van der Waals surface area contributed by atoms with Crippen LogP contribution in [0, 0.1) is 0 Å². The van der Waals surface area contributed by atoms with Crippen molar-refractivity contribution in [3.8, 4) is 34.1 Å². The monoisotopic (exact) mass is 1010 g/mol. The van der Waals surface area contributed by atoms with Crippen LogP contribution in [0.25, 0.3) is 121 Å². The van der Waals surface area contributed by atoms with E-state index in [4.69, 9.17) is 9.97 Å². The molecule has 7 aromatic heterocycles. The lowest BCUT2D eigenvalue weighted by Gasteiger charge is -2.40. The Kier molecular flexibility index (Phi) is 8.41. The summed E-state index contributed by atoms with van der Waals surface area (Å²) in [5.74, 6) is 0. The van der Waals surface area contributed by atoms with E-state index in [2.05, 4.69) is 260 Å². The molecule has 0 fully saturated rings. The second-order valence-electron chi connectivity index (χ2n) is 20.7. The van der Waals surface area contributed by atoms with Crippen LogP contribution >= 0.6 is 11.8 Å². The Morgan fingerprint density at radius 3 is 0.974 bits per heavy atom. The molecule has 1 aliphatic heterocycles. The van der Waals surface area contributed by atoms with Crippen molar-refractivity contribution in [2.75, 3.05) is 0 Å². The van der Waals surface area contributed by atoms with Crippen molar-refractivity contribution in [3.05, 3.63) is 271 Å². The van der Waals surface area contributed by atoms with Gasteiger partial charge >= 0.3 is 0 Å². The highest BCUT2D eigenvalue weighted by Crippen LogP contribution is 2.63. The summed E-state index contributed by atoms with van der Waals surface area (Å²) in [6, 6.07) is 82.6.